The number of carbonyl (C=O) groups excluding carboxylic acids is 1. The third-order valence-corrected chi connectivity index (χ3v) is 6.45. The van der Waals surface area contributed by atoms with Gasteiger partial charge < -0.3 is 14.3 Å². The van der Waals surface area contributed by atoms with Crippen LogP contribution in [0, 0.1) is 11.8 Å². The minimum absolute atomic E-state index is 0.0150. The summed E-state index contributed by atoms with van der Waals surface area (Å²) < 4.78 is 5.95. The molecule has 1 saturated heterocycles. The summed E-state index contributed by atoms with van der Waals surface area (Å²) in [7, 11) is 0. The van der Waals surface area contributed by atoms with E-state index in [0.29, 0.717) is 35.5 Å². The molecule has 1 aliphatic heterocycles. The van der Waals surface area contributed by atoms with E-state index in [1.54, 1.807) is 24.3 Å². The maximum Gasteiger partial charge on any atom is 0.254 e. The van der Waals surface area contributed by atoms with Gasteiger partial charge in [0.25, 0.3) is 5.91 Å². The van der Waals surface area contributed by atoms with Crippen molar-refractivity contribution >= 4 is 23.4 Å². The van der Waals surface area contributed by atoms with Crippen LogP contribution in [0.2, 0.25) is 5.02 Å². The van der Waals surface area contributed by atoms with Gasteiger partial charge in [-0.05, 0) is 48.9 Å². The van der Waals surface area contributed by atoms with Crippen molar-refractivity contribution in [3.05, 3.63) is 70.7 Å². The molecular formula is C27H32ClN3O2. The smallest absolute Gasteiger partial charge is 0.254 e. The maximum atomic E-state index is 13.5. The van der Waals surface area contributed by atoms with Crippen LogP contribution in [0.15, 0.2) is 59.1 Å². The molecule has 6 heteroatoms. The van der Waals surface area contributed by atoms with Gasteiger partial charge >= 0.3 is 0 Å². The van der Waals surface area contributed by atoms with E-state index in [0.717, 1.165) is 48.6 Å². The Kier molecular flexibility index (Phi) is 7.39. The molecule has 4 rings (SSSR count). The van der Waals surface area contributed by atoms with Crippen LogP contribution in [0.3, 0.4) is 0 Å². The van der Waals surface area contributed by atoms with Crippen LogP contribution in [0.5, 0.6) is 0 Å². The molecule has 0 aliphatic carbocycles. The molecule has 1 fully saturated rings. The first-order chi connectivity index (χ1) is 15.9. The summed E-state index contributed by atoms with van der Waals surface area (Å²) in [5.74, 6) is 1.81. The molecule has 0 radical (unpaired) electrons. The Morgan fingerprint density at radius 2 is 1.79 bits per heavy atom. The van der Waals surface area contributed by atoms with Gasteiger partial charge in [0.05, 0.1) is 12.1 Å². The van der Waals surface area contributed by atoms with Crippen LogP contribution in [-0.2, 0) is 6.54 Å². The number of rotatable bonds is 7. The Morgan fingerprint density at radius 1 is 1.12 bits per heavy atom. The van der Waals surface area contributed by atoms with Crippen molar-refractivity contribution < 1.29 is 9.32 Å². The normalized spacial score (nSPS) is 14.6. The predicted molar refractivity (Wildman–Crippen MR) is 134 cm³/mol. The molecule has 174 valence electrons. The van der Waals surface area contributed by atoms with Gasteiger partial charge in [-0.2, -0.15) is 0 Å². The summed E-state index contributed by atoms with van der Waals surface area (Å²) in [6.07, 6.45) is 2.25. The van der Waals surface area contributed by atoms with Gasteiger partial charge in [0, 0.05) is 35.8 Å². The van der Waals surface area contributed by atoms with Crippen LogP contribution in [0.25, 0.3) is 11.3 Å². The van der Waals surface area contributed by atoms with Crippen molar-refractivity contribution in [2.45, 2.75) is 40.2 Å². The van der Waals surface area contributed by atoms with Crippen molar-refractivity contribution in [2.24, 2.45) is 11.8 Å². The average Bonchev–Trinajstić information content (AvgIpc) is 3.23. The zero-order valence-electron chi connectivity index (χ0n) is 19.6. The number of aromatic nitrogens is 1. The molecule has 0 unspecified atom stereocenters. The number of halogens is 1. The van der Waals surface area contributed by atoms with E-state index in [1.165, 1.54) is 0 Å². The number of hydrogen-bond donors (Lipinski definition) is 0. The topological polar surface area (TPSA) is 49.6 Å². The van der Waals surface area contributed by atoms with E-state index in [4.69, 9.17) is 16.1 Å². The molecular weight excluding hydrogens is 434 g/mol. The molecule has 0 spiro atoms. The fraction of sp³-hybridized carbons (Fsp3) is 0.407. The van der Waals surface area contributed by atoms with Gasteiger partial charge in [-0.15, -0.1) is 0 Å². The van der Waals surface area contributed by atoms with Crippen LogP contribution < -0.4 is 4.90 Å². The Morgan fingerprint density at radius 3 is 2.42 bits per heavy atom. The number of benzene rings is 2. The lowest BCUT2D eigenvalue weighted by Crippen LogP contribution is -2.36. The predicted octanol–water partition coefficient (Wildman–Crippen LogP) is 6.53. The number of piperidine rings is 1. The molecule has 1 amide bonds. The second kappa shape index (κ2) is 10.4. The lowest BCUT2D eigenvalue weighted by molar-refractivity contribution is 0.0723. The molecule has 1 aliphatic rings. The van der Waals surface area contributed by atoms with Gasteiger partial charge in [0.1, 0.15) is 5.69 Å². The number of nitrogens with zero attached hydrogens (tertiary/aromatic N) is 3. The van der Waals surface area contributed by atoms with Crippen molar-refractivity contribution in [3.63, 3.8) is 0 Å². The van der Waals surface area contributed by atoms with Crippen molar-refractivity contribution in [1.82, 2.24) is 10.1 Å². The van der Waals surface area contributed by atoms with E-state index in [9.17, 15) is 4.79 Å². The third-order valence-electron chi connectivity index (χ3n) is 6.20. The standard InChI is InChI=1S/C27H32ClN3O2/c1-19(2)17-31(26(32)22-9-11-23(28)12-10-22)18-24-25(21-7-5-4-6-8-21)29-33-27(24)30-15-13-20(3)14-16-30/h4-12,19-20H,13-18H2,1-3H3. The Balaban J connectivity index is 1.71. The van der Waals surface area contributed by atoms with Gasteiger partial charge in [-0.25, -0.2) is 0 Å². The molecule has 0 bridgehead atoms. The molecule has 1 aromatic heterocycles. The van der Waals surface area contributed by atoms with Crippen molar-refractivity contribution in [3.8, 4) is 11.3 Å². The largest absolute Gasteiger partial charge is 0.340 e. The second-order valence-corrected chi connectivity index (χ2v) is 9.87. The number of hydrogen-bond acceptors (Lipinski definition) is 4. The monoisotopic (exact) mass is 465 g/mol. The molecule has 0 atom stereocenters. The van der Waals surface area contributed by atoms with E-state index < -0.39 is 0 Å². The number of carbonyl (C=O) groups is 1. The highest BCUT2D eigenvalue weighted by Crippen LogP contribution is 2.35. The Hall–Kier alpha value is -2.79. The molecule has 33 heavy (non-hydrogen) atoms. The SMILES string of the molecule is CC(C)CN(Cc1c(-c2ccccc2)noc1N1CCC(C)CC1)C(=O)c1ccc(Cl)cc1. The summed E-state index contributed by atoms with van der Waals surface area (Å²) >= 11 is 6.05. The molecule has 0 saturated carbocycles. The van der Waals surface area contributed by atoms with Crippen LogP contribution in [0.4, 0.5) is 5.88 Å². The van der Waals surface area contributed by atoms with E-state index in [1.807, 2.05) is 35.2 Å². The summed E-state index contributed by atoms with van der Waals surface area (Å²) in [5, 5.41) is 5.10. The fourth-order valence-corrected chi connectivity index (χ4v) is 4.48. The zero-order chi connectivity index (χ0) is 23.4. The van der Waals surface area contributed by atoms with Gasteiger partial charge in [0.2, 0.25) is 5.88 Å². The highest BCUT2D eigenvalue weighted by Gasteiger charge is 2.28. The van der Waals surface area contributed by atoms with Gasteiger partial charge in [0.15, 0.2) is 0 Å². The molecule has 2 aromatic carbocycles. The minimum Gasteiger partial charge on any atom is -0.340 e. The average molecular weight is 466 g/mol. The lowest BCUT2D eigenvalue weighted by Gasteiger charge is -2.31. The molecule has 0 N–H and O–H groups in total. The fourth-order valence-electron chi connectivity index (χ4n) is 4.35. The number of amides is 1. The first-order valence-corrected chi connectivity index (χ1v) is 12.1. The molecule has 3 aromatic rings. The van der Waals surface area contributed by atoms with Crippen LogP contribution >= 0.6 is 11.6 Å². The van der Waals surface area contributed by atoms with E-state index in [2.05, 4.69) is 30.8 Å². The highest BCUT2D eigenvalue weighted by atomic mass is 35.5. The van der Waals surface area contributed by atoms with Gasteiger partial charge in [-0.3, -0.25) is 4.79 Å². The minimum atomic E-state index is -0.0150. The third kappa shape index (κ3) is 5.59. The van der Waals surface area contributed by atoms with Crippen molar-refractivity contribution in [1.29, 1.82) is 0 Å². The molecule has 2 heterocycles. The van der Waals surface area contributed by atoms with E-state index in [-0.39, 0.29) is 5.91 Å². The van der Waals surface area contributed by atoms with Crippen molar-refractivity contribution in [2.75, 3.05) is 24.5 Å². The summed E-state index contributed by atoms with van der Waals surface area (Å²) in [6.45, 7) is 9.50. The maximum absolute atomic E-state index is 13.5. The lowest BCUT2D eigenvalue weighted by atomic mass is 9.98. The van der Waals surface area contributed by atoms with Crippen LogP contribution in [0.1, 0.15) is 49.5 Å². The van der Waals surface area contributed by atoms with Crippen LogP contribution in [-0.4, -0.2) is 35.6 Å². The first-order valence-electron chi connectivity index (χ1n) is 11.8. The quantitative estimate of drug-likeness (QED) is 0.398. The zero-order valence-corrected chi connectivity index (χ0v) is 20.4. The second-order valence-electron chi connectivity index (χ2n) is 9.44. The summed E-state index contributed by atoms with van der Waals surface area (Å²) in [6, 6.07) is 17.2. The van der Waals surface area contributed by atoms with Gasteiger partial charge in [-0.1, -0.05) is 67.9 Å². The highest BCUT2D eigenvalue weighted by molar-refractivity contribution is 6.30. The van der Waals surface area contributed by atoms with E-state index >= 15 is 0 Å². The summed E-state index contributed by atoms with van der Waals surface area (Å²) in [4.78, 5) is 17.7. The number of anilines is 1. The Labute approximate surface area is 201 Å². The first kappa shape index (κ1) is 23.4. The Bertz CT molecular complexity index is 1050. The molecule has 5 nitrogen and oxygen atoms in total. The summed E-state index contributed by atoms with van der Waals surface area (Å²) in [5.41, 5.74) is 3.41.